The molecule has 0 aliphatic rings. The van der Waals surface area contributed by atoms with E-state index in [1.54, 1.807) is 17.8 Å². The summed E-state index contributed by atoms with van der Waals surface area (Å²) in [5, 5.41) is 3.11. The topological polar surface area (TPSA) is 50.4 Å². The minimum absolute atomic E-state index is 0.148. The lowest BCUT2D eigenvalue weighted by Crippen LogP contribution is -2.33. The van der Waals surface area contributed by atoms with Crippen molar-refractivity contribution in [3.05, 3.63) is 71.5 Å². The first-order valence-electron chi connectivity index (χ1n) is 7.64. The molecule has 0 saturated heterocycles. The maximum absolute atomic E-state index is 13.4. The van der Waals surface area contributed by atoms with Gasteiger partial charge in [-0.25, -0.2) is 4.39 Å². The molecule has 0 radical (unpaired) electrons. The molecular weight excluding hydrogens is 309 g/mol. The van der Waals surface area contributed by atoms with Crippen LogP contribution in [-0.2, 0) is 12.2 Å². The van der Waals surface area contributed by atoms with E-state index in [0.29, 0.717) is 18.3 Å². The van der Waals surface area contributed by atoms with Gasteiger partial charge in [0.1, 0.15) is 5.82 Å². The van der Waals surface area contributed by atoms with Crippen molar-refractivity contribution >= 4 is 17.7 Å². The molecule has 2 rings (SSSR count). The van der Waals surface area contributed by atoms with Crippen LogP contribution in [-0.4, -0.2) is 24.8 Å². The second-order valence-electron chi connectivity index (χ2n) is 5.07. The third-order valence-electron chi connectivity index (χ3n) is 3.30. The highest BCUT2D eigenvalue weighted by atomic mass is 32.2. The zero-order chi connectivity index (χ0) is 16.3. The highest BCUT2D eigenvalue weighted by molar-refractivity contribution is 7.98. The maximum atomic E-state index is 13.4. The predicted molar refractivity (Wildman–Crippen MR) is 97.2 cm³/mol. The number of hydrogen-bond acceptors (Lipinski definition) is 2. The van der Waals surface area contributed by atoms with Crippen molar-refractivity contribution in [1.82, 2.24) is 5.32 Å². The summed E-state index contributed by atoms with van der Waals surface area (Å²) in [6.45, 7) is 1.39. The van der Waals surface area contributed by atoms with Crippen molar-refractivity contribution in [2.45, 2.75) is 12.2 Å². The Morgan fingerprint density at radius 3 is 2.61 bits per heavy atom. The monoisotopic (exact) mass is 331 g/mol. The van der Waals surface area contributed by atoms with Gasteiger partial charge in [-0.2, -0.15) is 11.8 Å². The Balaban J connectivity index is 1.59. The van der Waals surface area contributed by atoms with E-state index in [1.807, 2.05) is 30.3 Å². The van der Waals surface area contributed by atoms with Crippen LogP contribution in [0, 0.1) is 5.82 Å². The van der Waals surface area contributed by atoms with E-state index in [4.69, 9.17) is 5.73 Å². The summed E-state index contributed by atoms with van der Waals surface area (Å²) in [5.41, 5.74) is 7.83. The zero-order valence-electron chi connectivity index (χ0n) is 13.0. The SMILES string of the molecule is NC(=NCCSCc1ccccc1F)NCCc1ccccc1. The number of rotatable bonds is 8. The number of nitrogens with one attached hydrogen (secondary N) is 1. The van der Waals surface area contributed by atoms with Gasteiger partial charge in [0.25, 0.3) is 0 Å². The van der Waals surface area contributed by atoms with E-state index >= 15 is 0 Å². The first kappa shape index (κ1) is 17.3. The third kappa shape index (κ3) is 6.74. The third-order valence-corrected chi connectivity index (χ3v) is 4.28. The molecule has 0 spiro atoms. The molecule has 0 aliphatic carbocycles. The Labute approximate surface area is 141 Å². The number of halogens is 1. The Kier molecular flexibility index (Phi) is 7.46. The Hall–Kier alpha value is -2.01. The van der Waals surface area contributed by atoms with Crippen LogP contribution in [0.5, 0.6) is 0 Å². The lowest BCUT2D eigenvalue weighted by atomic mass is 10.1. The van der Waals surface area contributed by atoms with E-state index < -0.39 is 0 Å². The molecule has 122 valence electrons. The van der Waals surface area contributed by atoms with Gasteiger partial charge in [0.2, 0.25) is 0 Å². The Morgan fingerprint density at radius 1 is 1.09 bits per heavy atom. The number of nitrogens with zero attached hydrogens (tertiary/aromatic N) is 1. The molecule has 23 heavy (non-hydrogen) atoms. The second kappa shape index (κ2) is 9.90. The van der Waals surface area contributed by atoms with E-state index in [9.17, 15) is 4.39 Å². The smallest absolute Gasteiger partial charge is 0.188 e. The van der Waals surface area contributed by atoms with E-state index in [1.165, 1.54) is 11.6 Å². The summed E-state index contributed by atoms with van der Waals surface area (Å²) in [4.78, 5) is 4.28. The van der Waals surface area contributed by atoms with Crippen molar-refractivity contribution < 1.29 is 4.39 Å². The standard InChI is InChI=1S/C18H22FN3S/c19-17-9-5-4-8-16(17)14-23-13-12-22-18(20)21-11-10-15-6-2-1-3-7-15/h1-9H,10-14H2,(H3,20,21,22). The van der Waals surface area contributed by atoms with Gasteiger partial charge in [-0.3, -0.25) is 4.99 Å². The summed E-state index contributed by atoms with van der Waals surface area (Å²) in [7, 11) is 0. The summed E-state index contributed by atoms with van der Waals surface area (Å²) in [5.74, 6) is 1.79. The fourth-order valence-corrected chi connectivity index (χ4v) is 2.88. The Bertz CT molecular complexity index is 617. The molecule has 0 fully saturated rings. The molecule has 0 bridgehead atoms. The van der Waals surface area contributed by atoms with Gasteiger partial charge in [0.15, 0.2) is 5.96 Å². The van der Waals surface area contributed by atoms with Crippen molar-refractivity contribution in [1.29, 1.82) is 0 Å². The lowest BCUT2D eigenvalue weighted by Gasteiger charge is -2.06. The van der Waals surface area contributed by atoms with Crippen LogP contribution in [0.2, 0.25) is 0 Å². The molecule has 0 amide bonds. The molecule has 0 heterocycles. The van der Waals surface area contributed by atoms with Gasteiger partial charge in [-0.1, -0.05) is 48.5 Å². The number of nitrogens with two attached hydrogens (primary N) is 1. The Morgan fingerprint density at radius 2 is 1.83 bits per heavy atom. The quantitative estimate of drug-likeness (QED) is 0.444. The highest BCUT2D eigenvalue weighted by Gasteiger charge is 2.00. The summed E-state index contributed by atoms with van der Waals surface area (Å²) in [6.07, 6.45) is 0.916. The van der Waals surface area contributed by atoms with Gasteiger partial charge in [0.05, 0.1) is 6.54 Å². The zero-order valence-corrected chi connectivity index (χ0v) is 13.9. The summed E-state index contributed by atoms with van der Waals surface area (Å²) < 4.78 is 13.4. The largest absolute Gasteiger partial charge is 0.370 e. The van der Waals surface area contributed by atoms with Gasteiger partial charge >= 0.3 is 0 Å². The molecule has 3 N–H and O–H groups in total. The molecule has 5 heteroatoms. The number of benzene rings is 2. The predicted octanol–water partition coefficient (Wildman–Crippen LogP) is 3.21. The maximum Gasteiger partial charge on any atom is 0.188 e. The van der Waals surface area contributed by atoms with Gasteiger partial charge in [-0.05, 0) is 23.6 Å². The van der Waals surface area contributed by atoms with E-state index in [-0.39, 0.29) is 5.82 Å². The normalized spacial score (nSPS) is 11.4. The fraction of sp³-hybridized carbons (Fsp3) is 0.278. The first-order valence-corrected chi connectivity index (χ1v) is 8.80. The van der Waals surface area contributed by atoms with Crippen LogP contribution < -0.4 is 11.1 Å². The number of thioether (sulfide) groups is 1. The molecule has 0 aromatic heterocycles. The number of hydrogen-bond donors (Lipinski definition) is 2. The van der Waals surface area contributed by atoms with E-state index in [2.05, 4.69) is 22.4 Å². The molecule has 0 unspecified atom stereocenters. The van der Waals surface area contributed by atoms with Crippen LogP contribution in [0.4, 0.5) is 4.39 Å². The second-order valence-corrected chi connectivity index (χ2v) is 6.18. The fourth-order valence-electron chi connectivity index (χ4n) is 2.06. The molecule has 2 aromatic carbocycles. The van der Waals surface area contributed by atoms with Crippen LogP contribution in [0.25, 0.3) is 0 Å². The molecule has 3 nitrogen and oxygen atoms in total. The molecule has 0 saturated carbocycles. The average molecular weight is 331 g/mol. The van der Waals surface area contributed by atoms with Crippen LogP contribution in [0.1, 0.15) is 11.1 Å². The molecule has 0 atom stereocenters. The van der Waals surface area contributed by atoms with Crippen molar-refractivity contribution in [3.8, 4) is 0 Å². The number of guanidine groups is 1. The van der Waals surface area contributed by atoms with Crippen molar-refractivity contribution in [3.63, 3.8) is 0 Å². The average Bonchev–Trinajstić information content (AvgIpc) is 2.57. The first-order chi connectivity index (χ1) is 11.3. The highest BCUT2D eigenvalue weighted by Crippen LogP contribution is 2.14. The van der Waals surface area contributed by atoms with Gasteiger partial charge < -0.3 is 11.1 Å². The van der Waals surface area contributed by atoms with E-state index in [0.717, 1.165) is 24.3 Å². The van der Waals surface area contributed by atoms with Crippen molar-refractivity contribution in [2.24, 2.45) is 10.7 Å². The number of aliphatic imine (C=N–C) groups is 1. The summed E-state index contributed by atoms with van der Waals surface area (Å²) in [6, 6.07) is 17.1. The minimum Gasteiger partial charge on any atom is -0.370 e. The van der Waals surface area contributed by atoms with Gasteiger partial charge in [-0.15, -0.1) is 0 Å². The van der Waals surface area contributed by atoms with Crippen LogP contribution in [0.15, 0.2) is 59.6 Å². The van der Waals surface area contributed by atoms with Crippen molar-refractivity contribution in [2.75, 3.05) is 18.8 Å². The van der Waals surface area contributed by atoms with Crippen LogP contribution >= 0.6 is 11.8 Å². The lowest BCUT2D eigenvalue weighted by molar-refractivity contribution is 0.617. The molecule has 0 aliphatic heterocycles. The molecule has 2 aromatic rings. The van der Waals surface area contributed by atoms with Gasteiger partial charge in [0, 0.05) is 18.1 Å². The minimum atomic E-state index is -0.148. The van der Waals surface area contributed by atoms with Crippen LogP contribution in [0.3, 0.4) is 0 Å². The molecular formula is C18H22FN3S. The summed E-state index contributed by atoms with van der Waals surface area (Å²) >= 11 is 1.65.